The van der Waals surface area contributed by atoms with E-state index in [0.717, 1.165) is 62.3 Å². The van der Waals surface area contributed by atoms with Crippen molar-refractivity contribution < 1.29 is 19.4 Å². The highest BCUT2D eigenvalue weighted by Gasteiger charge is 2.37. The Kier molecular flexibility index (Phi) is 7.47. The lowest BCUT2D eigenvalue weighted by Crippen LogP contribution is -2.48. The molecule has 1 amide bonds. The number of piperidine rings is 1. The van der Waals surface area contributed by atoms with Gasteiger partial charge >= 0.3 is 0 Å². The lowest BCUT2D eigenvalue weighted by Gasteiger charge is -2.39. The number of nitrogens with zero attached hydrogens (tertiary/aromatic N) is 5. The topological polar surface area (TPSA) is 125 Å². The third-order valence-electron chi connectivity index (χ3n) is 7.61. The molecular formula is C29H36N6O4. The van der Waals surface area contributed by atoms with Crippen LogP contribution in [-0.2, 0) is 9.53 Å². The van der Waals surface area contributed by atoms with E-state index in [2.05, 4.69) is 21.4 Å². The number of carbonyl (C=O) groups is 1. The first-order chi connectivity index (χ1) is 18.6. The van der Waals surface area contributed by atoms with Crippen LogP contribution in [0.1, 0.15) is 52.0 Å². The average molecular weight is 533 g/mol. The smallest absolute Gasteiger partial charge is 0.226 e. The van der Waals surface area contributed by atoms with E-state index in [9.17, 15) is 15.2 Å². The number of hydrogen-bond donors (Lipinski definition) is 2. The largest absolute Gasteiger partial charge is 0.489 e. The van der Waals surface area contributed by atoms with E-state index < -0.39 is 11.0 Å². The maximum atomic E-state index is 12.9. The highest BCUT2D eigenvalue weighted by atomic mass is 16.5. The van der Waals surface area contributed by atoms with Gasteiger partial charge in [-0.15, -0.1) is 0 Å². The van der Waals surface area contributed by atoms with Crippen molar-refractivity contribution >= 4 is 17.2 Å². The molecule has 0 saturated carbocycles. The molecule has 10 heteroatoms. The van der Waals surface area contributed by atoms with Gasteiger partial charge in [0, 0.05) is 49.0 Å². The lowest BCUT2D eigenvalue weighted by atomic mass is 9.79. The average Bonchev–Trinajstić information content (AvgIpc) is 3.60. The van der Waals surface area contributed by atoms with E-state index in [0.29, 0.717) is 23.4 Å². The lowest BCUT2D eigenvalue weighted by molar-refractivity contribution is -0.131. The molecule has 2 saturated heterocycles. The summed E-state index contributed by atoms with van der Waals surface area (Å²) in [5, 5.41) is 27.1. The standard InChI is InChI=1S/C29H36N6O4/c1-28(2,37)19-39-23-13-24(26-21(14-30)16-33-35(26)18-23)20-6-7-25(31-15-20)34-10-8-29(3,9-11-34)27(36)32-17-22-5-4-12-38-22/h6-7,13,15-16,18,22,37H,4-5,8-12,17,19H2,1-3H3,(H,32,36). The SMILES string of the molecule is CC(C)(O)COc1cc(-c2ccc(N3CCC(C)(C(=O)NCC4CCCO4)CC3)nc2)c2c(C#N)cnn2c1. The summed E-state index contributed by atoms with van der Waals surface area (Å²) in [6.07, 6.45) is 8.73. The number of pyridine rings is 2. The van der Waals surface area contributed by atoms with Crippen molar-refractivity contribution in [2.45, 2.75) is 58.2 Å². The molecule has 1 atom stereocenters. The van der Waals surface area contributed by atoms with Crippen LogP contribution in [0.25, 0.3) is 16.6 Å². The van der Waals surface area contributed by atoms with E-state index in [1.165, 1.54) is 6.20 Å². The normalized spacial score (nSPS) is 19.2. The zero-order valence-corrected chi connectivity index (χ0v) is 22.8. The number of carbonyl (C=O) groups excluding carboxylic acids is 1. The van der Waals surface area contributed by atoms with Gasteiger partial charge in [-0.2, -0.15) is 10.4 Å². The molecule has 2 aliphatic heterocycles. The van der Waals surface area contributed by atoms with Crippen molar-refractivity contribution in [1.82, 2.24) is 19.9 Å². The Balaban J connectivity index is 1.29. The molecule has 5 heterocycles. The molecule has 0 aliphatic carbocycles. The Bertz CT molecular complexity index is 1360. The monoisotopic (exact) mass is 532 g/mol. The number of hydrogen-bond acceptors (Lipinski definition) is 8. The van der Waals surface area contributed by atoms with Gasteiger partial charge in [0.15, 0.2) is 0 Å². The molecule has 0 radical (unpaired) electrons. The Morgan fingerprint density at radius 1 is 1.33 bits per heavy atom. The van der Waals surface area contributed by atoms with Gasteiger partial charge in [0.25, 0.3) is 0 Å². The van der Waals surface area contributed by atoms with E-state index in [4.69, 9.17) is 14.5 Å². The van der Waals surface area contributed by atoms with Crippen molar-refractivity contribution in [1.29, 1.82) is 5.26 Å². The number of fused-ring (bicyclic) bond motifs is 1. The van der Waals surface area contributed by atoms with Crippen LogP contribution in [-0.4, -0.2) is 70.2 Å². The second kappa shape index (κ2) is 10.8. The molecule has 2 aliphatic rings. The van der Waals surface area contributed by atoms with Gasteiger partial charge in [-0.1, -0.05) is 6.92 Å². The molecule has 206 valence electrons. The van der Waals surface area contributed by atoms with Crippen molar-refractivity contribution in [2.24, 2.45) is 5.41 Å². The number of ether oxygens (including phenoxy) is 2. The van der Waals surface area contributed by atoms with Gasteiger partial charge in [0.2, 0.25) is 5.91 Å². The third-order valence-corrected chi connectivity index (χ3v) is 7.61. The molecule has 3 aromatic rings. The molecule has 0 aromatic carbocycles. The zero-order chi connectivity index (χ0) is 27.6. The Morgan fingerprint density at radius 2 is 2.13 bits per heavy atom. The molecule has 5 rings (SSSR count). The van der Waals surface area contributed by atoms with Crippen LogP contribution in [0.15, 0.2) is 36.8 Å². The number of amides is 1. The van der Waals surface area contributed by atoms with Crippen LogP contribution in [0.3, 0.4) is 0 Å². The highest BCUT2D eigenvalue weighted by Crippen LogP contribution is 2.35. The fourth-order valence-corrected chi connectivity index (χ4v) is 5.15. The van der Waals surface area contributed by atoms with Gasteiger partial charge in [0.1, 0.15) is 24.2 Å². The molecule has 0 bridgehead atoms. The maximum absolute atomic E-state index is 12.9. The van der Waals surface area contributed by atoms with Gasteiger partial charge in [-0.25, -0.2) is 9.50 Å². The number of rotatable bonds is 8. The predicted molar refractivity (Wildman–Crippen MR) is 146 cm³/mol. The number of nitriles is 1. The second-order valence-corrected chi connectivity index (χ2v) is 11.5. The number of nitrogens with one attached hydrogen (secondary N) is 1. The molecule has 1 unspecified atom stereocenters. The van der Waals surface area contributed by atoms with Gasteiger partial charge < -0.3 is 24.8 Å². The first-order valence-corrected chi connectivity index (χ1v) is 13.5. The van der Waals surface area contributed by atoms with E-state index >= 15 is 0 Å². The number of aromatic nitrogens is 3. The van der Waals surface area contributed by atoms with Gasteiger partial charge in [-0.3, -0.25) is 4.79 Å². The van der Waals surface area contributed by atoms with Crippen LogP contribution in [0.4, 0.5) is 5.82 Å². The number of anilines is 1. The Morgan fingerprint density at radius 3 is 2.77 bits per heavy atom. The van der Waals surface area contributed by atoms with Crippen molar-refractivity contribution in [3.8, 4) is 22.9 Å². The summed E-state index contributed by atoms with van der Waals surface area (Å²) in [4.78, 5) is 19.9. The molecule has 2 N–H and O–H groups in total. The van der Waals surface area contributed by atoms with Gasteiger partial charge in [0.05, 0.1) is 35.2 Å². The summed E-state index contributed by atoms with van der Waals surface area (Å²) in [5.41, 5.74) is 1.33. The van der Waals surface area contributed by atoms with Crippen molar-refractivity contribution in [3.63, 3.8) is 0 Å². The predicted octanol–water partition coefficient (Wildman–Crippen LogP) is 3.32. The van der Waals surface area contributed by atoms with E-state index in [-0.39, 0.29) is 18.6 Å². The summed E-state index contributed by atoms with van der Waals surface area (Å²) in [6.45, 7) is 8.36. The minimum atomic E-state index is -0.990. The molecular weight excluding hydrogens is 496 g/mol. The molecule has 10 nitrogen and oxygen atoms in total. The zero-order valence-electron chi connectivity index (χ0n) is 22.8. The highest BCUT2D eigenvalue weighted by molar-refractivity contribution is 5.85. The van der Waals surface area contributed by atoms with Crippen LogP contribution in [0, 0.1) is 16.7 Å². The summed E-state index contributed by atoms with van der Waals surface area (Å²) >= 11 is 0. The van der Waals surface area contributed by atoms with E-state index in [1.807, 2.05) is 25.1 Å². The summed E-state index contributed by atoms with van der Waals surface area (Å²) in [7, 11) is 0. The molecule has 2 fully saturated rings. The van der Waals surface area contributed by atoms with Gasteiger partial charge in [-0.05, 0) is 57.7 Å². The molecule has 39 heavy (non-hydrogen) atoms. The molecule has 3 aromatic heterocycles. The van der Waals surface area contributed by atoms with Crippen LogP contribution in [0.2, 0.25) is 0 Å². The first kappa shape index (κ1) is 26.9. The first-order valence-electron chi connectivity index (χ1n) is 13.5. The minimum Gasteiger partial charge on any atom is -0.489 e. The van der Waals surface area contributed by atoms with Crippen molar-refractivity contribution in [3.05, 3.63) is 42.4 Å². The summed E-state index contributed by atoms with van der Waals surface area (Å²) in [6, 6.07) is 8.01. The second-order valence-electron chi connectivity index (χ2n) is 11.5. The van der Waals surface area contributed by atoms with E-state index in [1.54, 1.807) is 30.8 Å². The fraction of sp³-hybridized carbons (Fsp3) is 0.517. The third kappa shape index (κ3) is 6.00. The van der Waals surface area contributed by atoms with Crippen LogP contribution < -0.4 is 15.0 Å². The maximum Gasteiger partial charge on any atom is 0.226 e. The van der Waals surface area contributed by atoms with Crippen LogP contribution >= 0.6 is 0 Å². The molecule has 0 spiro atoms. The van der Waals surface area contributed by atoms with Crippen LogP contribution in [0.5, 0.6) is 5.75 Å². The fourth-order valence-electron chi connectivity index (χ4n) is 5.15. The Labute approximate surface area is 228 Å². The summed E-state index contributed by atoms with van der Waals surface area (Å²) < 4.78 is 13.1. The minimum absolute atomic E-state index is 0.103. The van der Waals surface area contributed by atoms with Crippen molar-refractivity contribution in [2.75, 3.05) is 37.7 Å². The number of aliphatic hydroxyl groups is 1. The summed E-state index contributed by atoms with van der Waals surface area (Å²) in [5.74, 6) is 1.48. The Hall–Kier alpha value is -3.68. The quantitative estimate of drug-likeness (QED) is 0.453.